The second-order valence-electron chi connectivity index (χ2n) is 10.2. The normalized spacial score (nSPS) is 15.3. The van der Waals surface area contributed by atoms with Gasteiger partial charge in [0.25, 0.3) is 0 Å². The highest BCUT2D eigenvalue weighted by molar-refractivity contribution is 6.31. The zero-order chi connectivity index (χ0) is 30.1. The molecule has 4 rings (SSSR count). The van der Waals surface area contributed by atoms with Crippen molar-refractivity contribution in [2.45, 2.75) is 45.2 Å². The summed E-state index contributed by atoms with van der Waals surface area (Å²) in [7, 11) is 1.59. The summed E-state index contributed by atoms with van der Waals surface area (Å²) >= 11 is 6.05. The number of carbonyl (C=O) groups is 3. The van der Waals surface area contributed by atoms with Crippen LogP contribution >= 0.6 is 11.6 Å². The minimum atomic E-state index is -0.741. The van der Waals surface area contributed by atoms with Crippen LogP contribution in [0.2, 0.25) is 5.02 Å². The maximum absolute atomic E-state index is 13.8. The minimum Gasteiger partial charge on any atom is -0.447 e. The third-order valence-electron chi connectivity index (χ3n) is 7.37. The van der Waals surface area contributed by atoms with Crippen LogP contribution in [0.15, 0.2) is 54.7 Å². The Labute approximate surface area is 256 Å². The molecule has 0 bridgehead atoms. The van der Waals surface area contributed by atoms with Crippen molar-refractivity contribution in [1.29, 1.82) is 0 Å². The summed E-state index contributed by atoms with van der Waals surface area (Å²) in [5.74, 6) is -0.616. The van der Waals surface area contributed by atoms with E-state index in [0.29, 0.717) is 31.0 Å². The number of ether oxygens (including phenoxy) is 1. The van der Waals surface area contributed by atoms with Crippen molar-refractivity contribution in [2.24, 2.45) is 0 Å². The first-order chi connectivity index (χ1) is 20.2. The number of aliphatic hydroxyl groups is 1. The van der Waals surface area contributed by atoms with Gasteiger partial charge in [-0.1, -0.05) is 55.4 Å². The van der Waals surface area contributed by atoms with Gasteiger partial charge in [0.15, 0.2) is 0 Å². The zero-order valence-electron chi connectivity index (χ0n) is 23.4. The minimum absolute atomic E-state index is 0. The van der Waals surface area contributed by atoms with E-state index in [1.54, 1.807) is 30.3 Å². The van der Waals surface area contributed by atoms with Gasteiger partial charge in [0.2, 0.25) is 11.8 Å². The number of anilines is 1. The molecule has 10 nitrogen and oxygen atoms in total. The second-order valence-corrected chi connectivity index (χ2v) is 10.6. The molecule has 0 aliphatic carbocycles. The number of fused-ring (bicyclic) bond motifs is 1. The lowest BCUT2D eigenvalue weighted by Gasteiger charge is -2.34. The number of rotatable bonds is 11. The molecule has 1 saturated heterocycles. The molecule has 3 N–H and O–H groups in total. The number of aliphatic hydroxyl groups excluding tert-OH is 1. The highest BCUT2D eigenvalue weighted by Crippen LogP contribution is 2.22. The number of pyridine rings is 1. The summed E-state index contributed by atoms with van der Waals surface area (Å²) in [6.45, 7) is 1.25. The highest BCUT2D eigenvalue weighted by Gasteiger charge is 2.26. The first-order valence-electron chi connectivity index (χ1n) is 13.8. The lowest BCUT2D eigenvalue weighted by Crippen LogP contribution is -2.54. The molecule has 2 atom stereocenters. The number of hydrogen-bond donors (Lipinski definition) is 3. The van der Waals surface area contributed by atoms with Crippen LogP contribution in [0.5, 0.6) is 0 Å². The number of halogens is 2. The lowest BCUT2D eigenvalue weighted by molar-refractivity contribution is -0.136. The number of amides is 3. The zero-order valence-corrected chi connectivity index (χ0v) is 24.1. The molecule has 2 aromatic carbocycles. The van der Waals surface area contributed by atoms with E-state index in [-0.39, 0.29) is 69.2 Å². The molecule has 43 heavy (non-hydrogen) atoms. The summed E-state index contributed by atoms with van der Waals surface area (Å²) in [4.78, 5) is 46.1. The molecule has 0 spiro atoms. The van der Waals surface area contributed by atoms with Crippen LogP contribution in [0.3, 0.4) is 0 Å². The summed E-state index contributed by atoms with van der Waals surface area (Å²) in [5.41, 5.74) is 0.515. The predicted octanol–water partition coefficient (Wildman–Crippen LogP) is 4.24. The highest BCUT2D eigenvalue weighted by atomic mass is 35.5. The Morgan fingerprint density at radius 1 is 1.21 bits per heavy atom. The summed E-state index contributed by atoms with van der Waals surface area (Å²) in [5, 5.41) is 17.0. The number of piperazine rings is 1. The van der Waals surface area contributed by atoms with E-state index in [4.69, 9.17) is 16.3 Å². The fourth-order valence-corrected chi connectivity index (χ4v) is 5.06. The van der Waals surface area contributed by atoms with Gasteiger partial charge in [0, 0.05) is 57.1 Å². The van der Waals surface area contributed by atoms with Crippen molar-refractivity contribution in [2.75, 3.05) is 45.2 Å². The average molecular weight is 616 g/mol. The van der Waals surface area contributed by atoms with Crippen LogP contribution in [-0.4, -0.2) is 89.8 Å². The number of aryl methyl sites for hydroxylation is 1. The Kier molecular flexibility index (Phi) is 12.7. The smallest absolute Gasteiger partial charge is 0.412 e. The number of aromatic nitrogens is 1. The van der Waals surface area contributed by atoms with Crippen molar-refractivity contribution in [3.63, 3.8) is 0 Å². The first-order valence-corrected chi connectivity index (χ1v) is 14.2. The third-order valence-corrected chi connectivity index (χ3v) is 7.79. The maximum Gasteiger partial charge on any atom is 0.412 e. The lowest BCUT2D eigenvalue weighted by atomic mass is 10.1. The maximum atomic E-state index is 13.8. The number of benzene rings is 2. The van der Waals surface area contributed by atoms with Gasteiger partial charge >= 0.3 is 6.09 Å². The van der Waals surface area contributed by atoms with Gasteiger partial charge in [-0.3, -0.25) is 14.9 Å². The van der Waals surface area contributed by atoms with Crippen molar-refractivity contribution in [1.82, 2.24) is 20.1 Å². The van der Waals surface area contributed by atoms with Gasteiger partial charge in [-0.2, -0.15) is 0 Å². The number of carbonyl (C=O) groups excluding carboxylic acids is 3. The molecule has 3 aromatic rings. The van der Waals surface area contributed by atoms with Crippen LogP contribution < -0.4 is 10.6 Å². The standard InChI is InChI=1S/C30H35ClFN5O5.CH4/c1-36(27(39)11-9-20-7-4-8-25(32)29(20)31)24(10-12-28(40)37-14-13-33-23(17-37)18-38)19-42-30(41)35-26-15-21-5-2-3-6-22(21)16-34-26;/h2-8,15-16,23-24,33,38H,9-14,17-19H2,1H3,(H,34,35,41);1H4/t23-,24+;/m1./s1. The third kappa shape index (κ3) is 9.34. The van der Waals surface area contributed by atoms with Gasteiger partial charge in [-0.05, 0) is 35.9 Å². The van der Waals surface area contributed by atoms with E-state index < -0.39 is 18.0 Å². The van der Waals surface area contributed by atoms with E-state index in [0.717, 1.165) is 10.8 Å². The SMILES string of the molecule is C.CN(C(=O)CCc1cccc(F)c1Cl)[C@@H](CCC(=O)N1CCN[C@@H](CO)C1)COC(=O)Nc1cc2ccccc2cn1. The Morgan fingerprint density at radius 3 is 2.74 bits per heavy atom. The molecule has 0 saturated carbocycles. The molecule has 2 heterocycles. The van der Waals surface area contributed by atoms with Crippen LogP contribution in [-0.2, 0) is 20.7 Å². The first kappa shape index (κ1) is 33.7. The van der Waals surface area contributed by atoms with Gasteiger partial charge < -0.3 is 25.0 Å². The number of nitrogens with one attached hydrogen (secondary N) is 2. The van der Waals surface area contributed by atoms with E-state index in [1.165, 1.54) is 17.0 Å². The average Bonchev–Trinajstić information content (AvgIpc) is 3.01. The van der Waals surface area contributed by atoms with Crippen LogP contribution in [0.1, 0.15) is 32.3 Å². The number of likely N-dealkylation sites (N-methyl/N-ethyl adjacent to an activating group) is 1. The van der Waals surface area contributed by atoms with Crippen molar-refractivity contribution < 1.29 is 28.6 Å². The van der Waals surface area contributed by atoms with Crippen LogP contribution in [0, 0.1) is 5.82 Å². The van der Waals surface area contributed by atoms with E-state index in [1.807, 2.05) is 24.3 Å². The molecular formula is C31H39ClFN5O5. The molecule has 0 unspecified atom stereocenters. The van der Waals surface area contributed by atoms with Gasteiger partial charge in [0.1, 0.15) is 18.2 Å². The Bertz CT molecular complexity index is 1410. The van der Waals surface area contributed by atoms with Crippen LogP contribution in [0.25, 0.3) is 10.8 Å². The largest absolute Gasteiger partial charge is 0.447 e. The topological polar surface area (TPSA) is 124 Å². The predicted molar refractivity (Wildman–Crippen MR) is 164 cm³/mol. The van der Waals surface area contributed by atoms with Gasteiger partial charge in [-0.25, -0.2) is 14.2 Å². The van der Waals surface area contributed by atoms with Crippen molar-refractivity contribution in [3.8, 4) is 0 Å². The quantitative estimate of drug-likeness (QED) is 0.295. The van der Waals surface area contributed by atoms with Gasteiger partial charge in [0.05, 0.1) is 17.7 Å². The summed E-state index contributed by atoms with van der Waals surface area (Å²) < 4.78 is 19.3. The van der Waals surface area contributed by atoms with Crippen LogP contribution in [0.4, 0.5) is 15.0 Å². The summed E-state index contributed by atoms with van der Waals surface area (Å²) in [6.07, 6.45) is 1.55. The molecule has 1 aliphatic rings. The number of hydrogen-bond acceptors (Lipinski definition) is 7. The molecule has 232 valence electrons. The van der Waals surface area contributed by atoms with Gasteiger partial charge in [-0.15, -0.1) is 0 Å². The second kappa shape index (κ2) is 16.2. The Hall–Kier alpha value is -3.80. The van der Waals surface area contributed by atoms with E-state index in [2.05, 4.69) is 15.6 Å². The molecule has 1 aliphatic heterocycles. The Morgan fingerprint density at radius 2 is 1.98 bits per heavy atom. The molecule has 1 fully saturated rings. The fourth-order valence-electron chi connectivity index (χ4n) is 4.84. The fraction of sp³-hybridized carbons (Fsp3) is 0.419. The van der Waals surface area contributed by atoms with E-state index >= 15 is 0 Å². The summed E-state index contributed by atoms with van der Waals surface area (Å²) in [6, 6.07) is 13.0. The molecule has 1 aromatic heterocycles. The number of nitrogens with zero attached hydrogens (tertiary/aromatic N) is 3. The molecule has 3 amide bonds. The monoisotopic (exact) mass is 615 g/mol. The van der Waals surface area contributed by atoms with Crippen molar-refractivity contribution >= 4 is 46.1 Å². The molecular weight excluding hydrogens is 577 g/mol. The molecule has 0 radical (unpaired) electrons. The molecule has 12 heteroatoms. The van der Waals surface area contributed by atoms with E-state index in [9.17, 15) is 23.9 Å². The Balaban J connectivity index is 0.00000506. The van der Waals surface area contributed by atoms with Crippen molar-refractivity contribution in [3.05, 3.63) is 71.1 Å².